The molecule has 7 nitrogen and oxygen atoms in total. The van der Waals surface area contributed by atoms with Gasteiger partial charge in [0, 0.05) is 50.3 Å². The summed E-state index contributed by atoms with van der Waals surface area (Å²) < 4.78 is 0. The lowest BCUT2D eigenvalue weighted by molar-refractivity contribution is -0.137. The SMILES string of the molecule is C=CC(=O)N(C)CC(=O)N1CCCN(C(=O)c2c[nH]c3ccccc23)CC1. The predicted octanol–water partition coefficient (Wildman–Crippen LogP) is 1.49. The van der Waals surface area contributed by atoms with Gasteiger partial charge in [0.05, 0.1) is 12.1 Å². The van der Waals surface area contributed by atoms with Gasteiger partial charge in [-0.25, -0.2) is 0 Å². The molecular formula is C20H24N4O3. The standard InChI is InChI=1S/C20H24N4O3/c1-3-18(25)22(2)14-19(26)23-9-6-10-24(12-11-23)20(27)16-13-21-17-8-5-4-7-15(16)17/h3-5,7-8,13,21H,1,6,9-12,14H2,2H3. The zero-order valence-electron chi connectivity index (χ0n) is 15.5. The number of para-hydroxylation sites is 1. The van der Waals surface area contributed by atoms with Crippen LogP contribution in [0.2, 0.25) is 0 Å². The maximum atomic E-state index is 12.9. The van der Waals surface area contributed by atoms with E-state index in [0.29, 0.717) is 38.2 Å². The Kier molecular flexibility index (Phi) is 5.59. The number of aromatic amines is 1. The van der Waals surface area contributed by atoms with Crippen molar-refractivity contribution < 1.29 is 14.4 Å². The number of hydrogen-bond donors (Lipinski definition) is 1. The van der Waals surface area contributed by atoms with Crippen LogP contribution in [0.5, 0.6) is 0 Å². The summed E-state index contributed by atoms with van der Waals surface area (Å²) >= 11 is 0. The maximum absolute atomic E-state index is 12.9. The summed E-state index contributed by atoms with van der Waals surface area (Å²) in [6.07, 6.45) is 3.65. The summed E-state index contributed by atoms with van der Waals surface area (Å²) in [5, 5.41) is 0.907. The van der Waals surface area contributed by atoms with E-state index in [1.807, 2.05) is 24.3 Å². The first kappa shape index (κ1) is 18.7. The lowest BCUT2D eigenvalue weighted by Gasteiger charge is -2.24. The molecule has 0 unspecified atom stereocenters. The van der Waals surface area contributed by atoms with Gasteiger partial charge in [-0.1, -0.05) is 24.8 Å². The van der Waals surface area contributed by atoms with Gasteiger partial charge in [-0.3, -0.25) is 14.4 Å². The van der Waals surface area contributed by atoms with Crippen molar-refractivity contribution in [3.05, 3.63) is 48.7 Å². The first-order chi connectivity index (χ1) is 13.0. The number of carbonyl (C=O) groups is 3. The van der Waals surface area contributed by atoms with Crippen LogP contribution in [-0.2, 0) is 9.59 Å². The number of rotatable bonds is 4. The predicted molar refractivity (Wildman–Crippen MR) is 103 cm³/mol. The third kappa shape index (κ3) is 4.02. The van der Waals surface area contributed by atoms with Crippen LogP contribution in [0.3, 0.4) is 0 Å². The number of nitrogens with zero attached hydrogens (tertiary/aromatic N) is 3. The van der Waals surface area contributed by atoms with Crippen molar-refractivity contribution in [3.63, 3.8) is 0 Å². The number of aromatic nitrogens is 1. The zero-order valence-corrected chi connectivity index (χ0v) is 15.5. The lowest BCUT2D eigenvalue weighted by atomic mass is 10.1. The second kappa shape index (κ2) is 8.07. The Hall–Kier alpha value is -3.09. The minimum Gasteiger partial charge on any atom is -0.360 e. The van der Waals surface area contributed by atoms with E-state index in [2.05, 4.69) is 11.6 Å². The van der Waals surface area contributed by atoms with E-state index in [1.165, 1.54) is 11.0 Å². The number of nitrogens with one attached hydrogen (secondary N) is 1. The molecule has 0 saturated carbocycles. The third-order valence-corrected chi connectivity index (χ3v) is 4.88. The first-order valence-electron chi connectivity index (χ1n) is 9.02. The van der Waals surface area contributed by atoms with E-state index < -0.39 is 0 Å². The number of likely N-dealkylation sites (N-methyl/N-ethyl adjacent to an activating group) is 1. The van der Waals surface area contributed by atoms with Gasteiger partial charge in [0.2, 0.25) is 11.8 Å². The van der Waals surface area contributed by atoms with Crippen LogP contribution in [0, 0.1) is 0 Å². The molecule has 7 heteroatoms. The minimum atomic E-state index is -0.283. The fraction of sp³-hybridized carbons (Fsp3) is 0.350. The molecule has 1 N–H and O–H groups in total. The molecule has 2 aromatic rings. The monoisotopic (exact) mass is 368 g/mol. The molecule has 1 saturated heterocycles. The Morgan fingerprint density at radius 1 is 1.15 bits per heavy atom. The summed E-state index contributed by atoms with van der Waals surface area (Å²) in [5.74, 6) is -0.427. The summed E-state index contributed by atoms with van der Waals surface area (Å²) in [5.41, 5.74) is 1.59. The third-order valence-electron chi connectivity index (χ3n) is 4.88. The average molecular weight is 368 g/mol. The minimum absolute atomic E-state index is 0.0151. The molecule has 142 valence electrons. The summed E-state index contributed by atoms with van der Waals surface area (Å²) in [7, 11) is 1.58. The Balaban J connectivity index is 1.64. The molecule has 1 aliphatic rings. The molecule has 1 aromatic heterocycles. The van der Waals surface area contributed by atoms with Crippen LogP contribution < -0.4 is 0 Å². The quantitative estimate of drug-likeness (QED) is 0.831. The fourth-order valence-electron chi connectivity index (χ4n) is 3.33. The van der Waals surface area contributed by atoms with Crippen LogP contribution in [0.25, 0.3) is 10.9 Å². The van der Waals surface area contributed by atoms with E-state index >= 15 is 0 Å². The van der Waals surface area contributed by atoms with Gasteiger partial charge in [-0.2, -0.15) is 0 Å². The van der Waals surface area contributed by atoms with Crippen molar-refractivity contribution in [3.8, 4) is 0 Å². The van der Waals surface area contributed by atoms with Crippen LogP contribution in [0.15, 0.2) is 43.1 Å². The highest BCUT2D eigenvalue weighted by Crippen LogP contribution is 2.20. The van der Waals surface area contributed by atoms with Gasteiger partial charge in [-0.15, -0.1) is 0 Å². The molecule has 0 bridgehead atoms. The molecular weight excluding hydrogens is 344 g/mol. The molecule has 0 radical (unpaired) electrons. The van der Waals surface area contributed by atoms with Gasteiger partial charge >= 0.3 is 0 Å². The number of carbonyl (C=O) groups excluding carboxylic acids is 3. The fourth-order valence-corrected chi connectivity index (χ4v) is 3.33. The van der Waals surface area contributed by atoms with Crippen molar-refractivity contribution in [2.45, 2.75) is 6.42 Å². The van der Waals surface area contributed by atoms with Gasteiger partial charge in [-0.05, 0) is 18.6 Å². The van der Waals surface area contributed by atoms with Crippen molar-refractivity contribution in [1.82, 2.24) is 19.7 Å². The highest BCUT2D eigenvalue weighted by Gasteiger charge is 2.25. The van der Waals surface area contributed by atoms with Crippen molar-refractivity contribution in [2.75, 3.05) is 39.8 Å². The number of fused-ring (bicyclic) bond motifs is 1. The van der Waals surface area contributed by atoms with E-state index in [4.69, 9.17) is 0 Å². The number of benzene rings is 1. The maximum Gasteiger partial charge on any atom is 0.256 e. The molecule has 3 rings (SSSR count). The Morgan fingerprint density at radius 2 is 1.85 bits per heavy atom. The summed E-state index contributed by atoms with van der Waals surface area (Å²) in [6.45, 7) is 5.56. The van der Waals surface area contributed by atoms with Gasteiger partial charge in [0.1, 0.15) is 0 Å². The molecule has 0 aliphatic carbocycles. The van der Waals surface area contributed by atoms with Gasteiger partial charge in [0.25, 0.3) is 5.91 Å². The molecule has 1 fully saturated rings. The molecule has 0 spiro atoms. The lowest BCUT2D eigenvalue weighted by Crippen LogP contribution is -2.42. The van der Waals surface area contributed by atoms with Gasteiger partial charge < -0.3 is 19.7 Å². The number of H-pyrrole nitrogens is 1. The molecule has 2 heterocycles. The molecule has 3 amide bonds. The van der Waals surface area contributed by atoms with Gasteiger partial charge in [0.15, 0.2) is 0 Å². The van der Waals surface area contributed by atoms with Crippen molar-refractivity contribution >= 4 is 28.6 Å². The van der Waals surface area contributed by atoms with Crippen LogP contribution >= 0.6 is 0 Å². The van der Waals surface area contributed by atoms with E-state index in [0.717, 1.165) is 10.9 Å². The molecule has 1 aromatic carbocycles. The van der Waals surface area contributed by atoms with E-state index in [-0.39, 0.29) is 24.3 Å². The Bertz CT molecular complexity index is 873. The van der Waals surface area contributed by atoms with Crippen LogP contribution in [0.4, 0.5) is 0 Å². The van der Waals surface area contributed by atoms with E-state index in [1.54, 1.807) is 23.0 Å². The Morgan fingerprint density at radius 3 is 2.63 bits per heavy atom. The van der Waals surface area contributed by atoms with E-state index in [9.17, 15) is 14.4 Å². The normalized spacial score (nSPS) is 14.7. The smallest absolute Gasteiger partial charge is 0.256 e. The molecule has 27 heavy (non-hydrogen) atoms. The first-order valence-corrected chi connectivity index (χ1v) is 9.02. The summed E-state index contributed by atoms with van der Waals surface area (Å²) in [6, 6.07) is 7.71. The van der Waals surface area contributed by atoms with Crippen LogP contribution in [0.1, 0.15) is 16.8 Å². The molecule has 1 aliphatic heterocycles. The van der Waals surface area contributed by atoms with Crippen molar-refractivity contribution in [2.24, 2.45) is 0 Å². The Labute approximate surface area is 158 Å². The topological polar surface area (TPSA) is 76.7 Å². The highest BCUT2D eigenvalue weighted by molar-refractivity contribution is 6.06. The largest absolute Gasteiger partial charge is 0.360 e. The van der Waals surface area contributed by atoms with Crippen molar-refractivity contribution in [1.29, 1.82) is 0 Å². The second-order valence-corrected chi connectivity index (χ2v) is 6.67. The summed E-state index contributed by atoms with van der Waals surface area (Å²) in [4.78, 5) is 44.9. The zero-order chi connectivity index (χ0) is 19.4. The average Bonchev–Trinajstić information content (AvgIpc) is 2.95. The second-order valence-electron chi connectivity index (χ2n) is 6.67. The highest BCUT2D eigenvalue weighted by atomic mass is 16.2. The number of amides is 3. The molecule has 0 atom stereocenters. The van der Waals surface area contributed by atoms with Crippen LogP contribution in [-0.4, -0.2) is 77.2 Å². The number of hydrogen-bond acceptors (Lipinski definition) is 3.